The van der Waals surface area contributed by atoms with Crippen LogP contribution in [0.2, 0.25) is 0 Å². The Labute approximate surface area is 123 Å². The molecule has 1 atom stereocenters. The second-order valence-electron chi connectivity index (χ2n) is 5.43. The van der Waals surface area contributed by atoms with E-state index in [1.54, 1.807) is 26.0 Å². The lowest BCUT2D eigenvalue weighted by Crippen LogP contribution is -2.56. The van der Waals surface area contributed by atoms with Crippen LogP contribution in [0.4, 0.5) is 0 Å². The van der Waals surface area contributed by atoms with Crippen LogP contribution in [-0.2, 0) is 16.8 Å². The van der Waals surface area contributed by atoms with Gasteiger partial charge in [-0.2, -0.15) is 0 Å². The van der Waals surface area contributed by atoms with Gasteiger partial charge in [0.2, 0.25) is 5.91 Å². The number of methoxy groups -OCH3 is 2. The monoisotopic (exact) mass is 293 g/mol. The molecule has 2 aliphatic rings. The molecule has 2 heterocycles. The summed E-state index contributed by atoms with van der Waals surface area (Å²) in [5.74, 6) is 3.26. The van der Waals surface area contributed by atoms with Crippen molar-refractivity contribution in [1.29, 1.82) is 0 Å². The van der Waals surface area contributed by atoms with Gasteiger partial charge in [0.25, 0.3) is 0 Å². The quantitative estimate of drug-likeness (QED) is 0.836. The minimum atomic E-state index is -0.229. The third kappa shape index (κ3) is 1.87. The van der Waals surface area contributed by atoms with E-state index in [0.717, 1.165) is 30.2 Å². The lowest BCUT2D eigenvalue weighted by molar-refractivity contribution is -0.135. The number of carbonyl (C=O) groups is 1. The van der Waals surface area contributed by atoms with Gasteiger partial charge < -0.3 is 14.4 Å². The molecule has 0 N–H and O–H groups in total. The molecule has 1 aromatic carbocycles. The molecule has 1 amide bonds. The second-order valence-corrected chi connectivity index (χ2v) is 6.41. The summed E-state index contributed by atoms with van der Waals surface area (Å²) in [5, 5.41) is 0. The largest absolute Gasteiger partial charge is 0.493 e. The molecule has 2 aliphatic heterocycles. The molecule has 108 valence electrons. The van der Waals surface area contributed by atoms with Crippen LogP contribution >= 0.6 is 11.8 Å². The third-order valence-corrected chi connectivity index (χ3v) is 5.52. The van der Waals surface area contributed by atoms with Gasteiger partial charge in [-0.15, -0.1) is 11.8 Å². The second kappa shape index (κ2) is 4.88. The standard InChI is InChI=1S/C15H19NO3S/c1-15-9-20-8-14(17)16(15)5-4-10-6-12(18-2)13(19-3)7-11(10)15/h6-7H,4-5,8-9H2,1-3H3. The zero-order valence-electron chi connectivity index (χ0n) is 12.1. The normalized spacial score (nSPS) is 24.9. The van der Waals surface area contributed by atoms with Crippen LogP contribution in [0.5, 0.6) is 11.5 Å². The first-order valence-corrected chi connectivity index (χ1v) is 7.89. The number of benzene rings is 1. The summed E-state index contributed by atoms with van der Waals surface area (Å²) in [6.07, 6.45) is 0.877. The van der Waals surface area contributed by atoms with Gasteiger partial charge in [-0.05, 0) is 36.6 Å². The van der Waals surface area contributed by atoms with E-state index in [2.05, 4.69) is 13.0 Å². The van der Waals surface area contributed by atoms with Crippen LogP contribution in [-0.4, -0.2) is 43.1 Å². The molecule has 0 radical (unpaired) electrons. The number of ether oxygens (including phenoxy) is 2. The molecule has 1 aromatic rings. The molecule has 0 aliphatic carbocycles. The topological polar surface area (TPSA) is 38.8 Å². The third-order valence-electron chi connectivity index (χ3n) is 4.30. The summed E-state index contributed by atoms with van der Waals surface area (Å²) in [7, 11) is 3.30. The fraction of sp³-hybridized carbons (Fsp3) is 0.533. The fourth-order valence-electron chi connectivity index (χ4n) is 3.22. The Hall–Kier alpha value is -1.36. The Morgan fingerprint density at radius 2 is 1.95 bits per heavy atom. The number of hydrogen-bond acceptors (Lipinski definition) is 4. The van der Waals surface area contributed by atoms with Crippen molar-refractivity contribution in [1.82, 2.24) is 4.90 Å². The molecular formula is C15H19NO3S. The molecule has 3 rings (SSSR count). The van der Waals surface area contributed by atoms with Gasteiger partial charge in [-0.25, -0.2) is 0 Å². The van der Waals surface area contributed by atoms with Crippen molar-refractivity contribution in [3.8, 4) is 11.5 Å². The van der Waals surface area contributed by atoms with Crippen molar-refractivity contribution in [3.63, 3.8) is 0 Å². The van der Waals surface area contributed by atoms with E-state index in [1.807, 2.05) is 11.0 Å². The van der Waals surface area contributed by atoms with Crippen molar-refractivity contribution >= 4 is 17.7 Å². The molecule has 1 fully saturated rings. The molecule has 5 heteroatoms. The van der Waals surface area contributed by atoms with Crippen LogP contribution in [0.15, 0.2) is 12.1 Å². The van der Waals surface area contributed by atoms with Crippen LogP contribution in [0.1, 0.15) is 18.1 Å². The van der Waals surface area contributed by atoms with E-state index in [1.165, 1.54) is 11.1 Å². The van der Waals surface area contributed by atoms with Gasteiger partial charge in [0.15, 0.2) is 11.5 Å². The number of hydrogen-bond donors (Lipinski definition) is 0. The molecule has 0 saturated carbocycles. The van der Waals surface area contributed by atoms with E-state index < -0.39 is 0 Å². The summed E-state index contributed by atoms with van der Waals surface area (Å²) in [4.78, 5) is 14.2. The van der Waals surface area contributed by atoms with Crippen LogP contribution < -0.4 is 9.47 Å². The summed E-state index contributed by atoms with van der Waals surface area (Å²) < 4.78 is 10.8. The van der Waals surface area contributed by atoms with Crippen molar-refractivity contribution in [2.24, 2.45) is 0 Å². The number of fused-ring (bicyclic) bond motifs is 3. The van der Waals surface area contributed by atoms with Gasteiger partial charge in [-0.1, -0.05) is 0 Å². The molecule has 0 bridgehead atoms. The average Bonchev–Trinajstić information content (AvgIpc) is 2.45. The number of carbonyl (C=O) groups excluding carboxylic acids is 1. The maximum Gasteiger partial charge on any atom is 0.233 e. The van der Waals surface area contributed by atoms with Crippen molar-refractivity contribution in [2.45, 2.75) is 18.9 Å². The number of nitrogens with zero attached hydrogens (tertiary/aromatic N) is 1. The van der Waals surface area contributed by atoms with Gasteiger partial charge in [0, 0.05) is 12.3 Å². The predicted octanol–water partition coefficient (Wildman–Crippen LogP) is 2.05. The Kier molecular flexibility index (Phi) is 3.32. The highest BCUT2D eigenvalue weighted by atomic mass is 32.2. The Morgan fingerprint density at radius 1 is 1.25 bits per heavy atom. The average molecular weight is 293 g/mol. The molecule has 0 aromatic heterocycles. The molecule has 4 nitrogen and oxygen atoms in total. The zero-order chi connectivity index (χ0) is 14.3. The van der Waals surface area contributed by atoms with Crippen molar-refractivity contribution in [2.75, 3.05) is 32.3 Å². The fourth-order valence-corrected chi connectivity index (χ4v) is 4.37. The summed E-state index contributed by atoms with van der Waals surface area (Å²) in [6, 6.07) is 4.10. The first kappa shape index (κ1) is 13.6. The van der Waals surface area contributed by atoms with E-state index in [0.29, 0.717) is 5.75 Å². The van der Waals surface area contributed by atoms with Crippen LogP contribution in [0.25, 0.3) is 0 Å². The lowest BCUT2D eigenvalue weighted by Gasteiger charge is -2.48. The van der Waals surface area contributed by atoms with Gasteiger partial charge in [-0.3, -0.25) is 4.79 Å². The zero-order valence-corrected chi connectivity index (χ0v) is 12.9. The Balaban J connectivity index is 2.13. The first-order valence-electron chi connectivity index (χ1n) is 6.74. The molecule has 1 saturated heterocycles. The summed E-state index contributed by atoms with van der Waals surface area (Å²) in [6.45, 7) is 2.94. The molecule has 1 unspecified atom stereocenters. The maximum atomic E-state index is 12.2. The molecular weight excluding hydrogens is 274 g/mol. The van der Waals surface area contributed by atoms with Gasteiger partial charge >= 0.3 is 0 Å². The van der Waals surface area contributed by atoms with Crippen LogP contribution in [0.3, 0.4) is 0 Å². The van der Waals surface area contributed by atoms with E-state index in [9.17, 15) is 4.79 Å². The van der Waals surface area contributed by atoms with E-state index >= 15 is 0 Å². The Bertz CT molecular complexity index is 560. The lowest BCUT2D eigenvalue weighted by atomic mass is 9.82. The highest BCUT2D eigenvalue weighted by molar-refractivity contribution is 8.00. The van der Waals surface area contributed by atoms with Crippen LogP contribution in [0, 0.1) is 0 Å². The first-order chi connectivity index (χ1) is 9.60. The summed E-state index contributed by atoms with van der Waals surface area (Å²) in [5.41, 5.74) is 2.23. The number of thioether (sulfide) groups is 1. The highest BCUT2D eigenvalue weighted by Crippen LogP contribution is 2.44. The number of amides is 1. The van der Waals surface area contributed by atoms with Gasteiger partial charge in [0.1, 0.15) is 0 Å². The molecule has 20 heavy (non-hydrogen) atoms. The highest BCUT2D eigenvalue weighted by Gasteiger charge is 2.44. The minimum absolute atomic E-state index is 0.229. The van der Waals surface area contributed by atoms with E-state index in [-0.39, 0.29) is 11.4 Å². The molecule has 0 spiro atoms. The SMILES string of the molecule is COc1cc2c(cc1OC)C1(C)CSCC(=O)N1CC2. The van der Waals surface area contributed by atoms with E-state index in [4.69, 9.17) is 9.47 Å². The summed E-state index contributed by atoms with van der Waals surface area (Å²) >= 11 is 1.71. The maximum absolute atomic E-state index is 12.2. The minimum Gasteiger partial charge on any atom is -0.493 e. The smallest absolute Gasteiger partial charge is 0.233 e. The van der Waals surface area contributed by atoms with Crippen molar-refractivity contribution in [3.05, 3.63) is 23.3 Å². The number of rotatable bonds is 2. The van der Waals surface area contributed by atoms with Crippen molar-refractivity contribution < 1.29 is 14.3 Å². The predicted molar refractivity (Wildman–Crippen MR) is 79.6 cm³/mol. The Morgan fingerprint density at radius 3 is 2.65 bits per heavy atom. The van der Waals surface area contributed by atoms with Gasteiger partial charge in [0.05, 0.1) is 25.5 Å².